The number of amides is 2. The number of urea groups is 1. The Labute approximate surface area is 192 Å². The number of anilines is 2. The lowest BCUT2D eigenvalue weighted by Gasteiger charge is -2.27. The van der Waals surface area contributed by atoms with Crippen molar-refractivity contribution >= 4 is 34.5 Å². The van der Waals surface area contributed by atoms with Gasteiger partial charge in [-0.05, 0) is 11.6 Å². The number of nitrogens with one attached hydrogen (secondary N) is 3. The highest BCUT2D eigenvalue weighted by Gasteiger charge is 2.38. The number of carbonyl (C=O) groups excluding carboxylic acids is 1. The summed E-state index contributed by atoms with van der Waals surface area (Å²) < 4.78 is 33.5. The number of benzene rings is 1. The van der Waals surface area contributed by atoms with Gasteiger partial charge in [0.05, 0.1) is 23.6 Å². The van der Waals surface area contributed by atoms with Gasteiger partial charge in [-0.2, -0.15) is 18.3 Å². The number of fused-ring (bicyclic) bond motifs is 1. The van der Waals surface area contributed by atoms with Crippen molar-refractivity contribution in [3.63, 3.8) is 0 Å². The normalized spacial score (nSPS) is 13.7. The standard InChI is InChI=1S/C18H22N8O.C2HF3O2/c1-25-12-14-3-2-13(8-16(14)24-25)9-22-18(27)23-15-10-20-17(21-11-15)26-6-4-19-5-7-26;3-2(4,5)1(6)7/h2-3,8,10-12,19H,4-7,9H2,1H3,(H2,22,23,27);(H,6,7). The van der Waals surface area contributed by atoms with Gasteiger partial charge in [0.15, 0.2) is 0 Å². The largest absolute Gasteiger partial charge is 0.490 e. The van der Waals surface area contributed by atoms with Gasteiger partial charge >= 0.3 is 18.2 Å². The van der Waals surface area contributed by atoms with E-state index in [4.69, 9.17) is 9.90 Å². The van der Waals surface area contributed by atoms with E-state index in [-0.39, 0.29) is 6.03 Å². The first-order chi connectivity index (χ1) is 16.1. The monoisotopic (exact) mass is 480 g/mol. The Bertz CT molecular complexity index is 1130. The van der Waals surface area contributed by atoms with E-state index in [9.17, 15) is 18.0 Å². The van der Waals surface area contributed by atoms with E-state index in [1.807, 2.05) is 31.4 Å². The average molecular weight is 480 g/mol. The van der Waals surface area contributed by atoms with Crippen molar-refractivity contribution in [2.45, 2.75) is 12.7 Å². The number of aromatic nitrogens is 4. The molecule has 0 atom stereocenters. The summed E-state index contributed by atoms with van der Waals surface area (Å²) in [7, 11) is 1.89. The fraction of sp³-hybridized carbons (Fsp3) is 0.350. The summed E-state index contributed by atoms with van der Waals surface area (Å²) in [5.74, 6) is -2.07. The third kappa shape index (κ3) is 7.03. The number of rotatable bonds is 4. The molecule has 14 heteroatoms. The number of aliphatic carboxylic acids is 1. The third-order valence-electron chi connectivity index (χ3n) is 4.68. The maximum absolute atomic E-state index is 12.1. The van der Waals surface area contributed by atoms with Gasteiger partial charge in [-0.15, -0.1) is 0 Å². The van der Waals surface area contributed by atoms with E-state index in [0.717, 1.165) is 42.6 Å². The fourth-order valence-corrected chi connectivity index (χ4v) is 3.07. The predicted octanol–water partition coefficient (Wildman–Crippen LogP) is 1.73. The van der Waals surface area contributed by atoms with Crippen LogP contribution in [0.25, 0.3) is 10.9 Å². The molecule has 4 rings (SSSR count). The van der Waals surface area contributed by atoms with E-state index in [1.54, 1.807) is 17.1 Å². The van der Waals surface area contributed by atoms with Crippen molar-refractivity contribution in [1.29, 1.82) is 0 Å². The maximum Gasteiger partial charge on any atom is 0.490 e. The van der Waals surface area contributed by atoms with Crippen LogP contribution >= 0.6 is 0 Å². The highest BCUT2D eigenvalue weighted by Crippen LogP contribution is 2.15. The van der Waals surface area contributed by atoms with Gasteiger partial charge in [-0.1, -0.05) is 12.1 Å². The zero-order chi connectivity index (χ0) is 24.7. The molecule has 1 saturated heterocycles. The Hall–Kier alpha value is -3.94. The molecule has 3 aromatic rings. The van der Waals surface area contributed by atoms with Gasteiger partial charge in [0.2, 0.25) is 5.95 Å². The van der Waals surface area contributed by atoms with Crippen molar-refractivity contribution in [2.75, 3.05) is 36.4 Å². The molecular weight excluding hydrogens is 457 g/mol. The second-order valence-corrected chi connectivity index (χ2v) is 7.32. The van der Waals surface area contributed by atoms with Crippen LogP contribution in [0.5, 0.6) is 0 Å². The van der Waals surface area contributed by atoms with E-state index < -0.39 is 12.1 Å². The van der Waals surface area contributed by atoms with E-state index in [2.05, 4.69) is 35.9 Å². The number of hydrogen-bond donors (Lipinski definition) is 4. The summed E-state index contributed by atoms with van der Waals surface area (Å²) in [5.41, 5.74) is 2.46. The molecule has 4 N–H and O–H groups in total. The van der Waals surface area contributed by atoms with Crippen molar-refractivity contribution in [1.82, 2.24) is 30.4 Å². The Morgan fingerprint density at radius 1 is 1.18 bits per heavy atom. The van der Waals surface area contributed by atoms with Gasteiger partial charge in [-0.25, -0.2) is 19.6 Å². The van der Waals surface area contributed by atoms with Crippen LogP contribution in [0.1, 0.15) is 5.56 Å². The molecule has 1 aromatic carbocycles. The predicted molar refractivity (Wildman–Crippen MR) is 117 cm³/mol. The lowest BCUT2D eigenvalue weighted by Crippen LogP contribution is -2.44. The van der Waals surface area contributed by atoms with Crippen molar-refractivity contribution in [2.24, 2.45) is 7.05 Å². The zero-order valence-electron chi connectivity index (χ0n) is 18.1. The van der Waals surface area contributed by atoms with Crippen LogP contribution in [0.4, 0.5) is 29.6 Å². The summed E-state index contributed by atoms with van der Waals surface area (Å²) in [4.78, 5) is 31.8. The molecule has 0 radical (unpaired) electrons. The Kier molecular flexibility index (Phi) is 7.83. The summed E-state index contributed by atoms with van der Waals surface area (Å²) in [6, 6.07) is 5.66. The van der Waals surface area contributed by atoms with Gasteiger partial charge in [0.1, 0.15) is 0 Å². The van der Waals surface area contributed by atoms with Crippen LogP contribution in [-0.2, 0) is 18.4 Å². The number of carboxylic acids is 1. The Morgan fingerprint density at radius 2 is 1.82 bits per heavy atom. The minimum absolute atomic E-state index is 0.297. The van der Waals surface area contributed by atoms with E-state index in [0.29, 0.717) is 18.2 Å². The molecule has 0 saturated carbocycles. The first-order valence-electron chi connectivity index (χ1n) is 10.2. The molecule has 2 amide bonds. The van der Waals surface area contributed by atoms with Crippen molar-refractivity contribution in [3.05, 3.63) is 42.4 Å². The van der Waals surface area contributed by atoms with Crippen molar-refractivity contribution < 1.29 is 27.9 Å². The summed E-state index contributed by atoms with van der Waals surface area (Å²) >= 11 is 0. The average Bonchev–Trinajstić information content (AvgIpc) is 3.18. The maximum atomic E-state index is 12.1. The zero-order valence-corrected chi connectivity index (χ0v) is 18.1. The van der Waals surface area contributed by atoms with Gasteiger partial charge < -0.3 is 26.0 Å². The highest BCUT2D eigenvalue weighted by atomic mass is 19.4. The topological polar surface area (TPSA) is 137 Å². The number of carbonyl (C=O) groups is 2. The number of piperazine rings is 1. The lowest BCUT2D eigenvalue weighted by atomic mass is 10.2. The lowest BCUT2D eigenvalue weighted by molar-refractivity contribution is -0.192. The van der Waals surface area contributed by atoms with Crippen LogP contribution in [0.15, 0.2) is 36.8 Å². The second-order valence-electron chi connectivity index (χ2n) is 7.32. The smallest absolute Gasteiger partial charge is 0.475 e. The van der Waals surface area contributed by atoms with Gasteiger partial charge in [-0.3, -0.25) is 4.68 Å². The second kappa shape index (κ2) is 10.8. The molecule has 0 aliphatic carbocycles. The molecule has 0 spiro atoms. The van der Waals surface area contributed by atoms with Gasteiger partial charge in [0.25, 0.3) is 0 Å². The molecule has 182 valence electrons. The molecule has 3 heterocycles. The molecule has 2 aromatic heterocycles. The summed E-state index contributed by atoms with van der Waals surface area (Å²) in [6.07, 6.45) is 0.136. The molecule has 1 aliphatic rings. The SMILES string of the molecule is Cn1cc2ccc(CNC(=O)Nc3cnc(N4CCNCC4)nc3)cc2n1.O=C(O)C(F)(F)F. The number of hydrogen-bond acceptors (Lipinski definition) is 7. The number of nitrogens with zero attached hydrogens (tertiary/aromatic N) is 5. The quantitative estimate of drug-likeness (QED) is 0.443. The minimum Gasteiger partial charge on any atom is -0.475 e. The van der Waals surface area contributed by atoms with Crippen LogP contribution < -0.4 is 20.9 Å². The molecule has 1 fully saturated rings. The van der Waals surface area contributed by atoms with E-state index in [1.165, 1.54) is 0 Å². The number of halogens is 3. The molecular formula is C20H23F3N8O3. The molecule has 11 nitrogen and oxygen atoms in total. The van der Waals surface area contributed by atoms with E-state index >= 15 is 0 Å². The summed E-state index contributed by atoms with van der Waals surface area (Å²) in [5, 5.41) is 21.5. The molecule has 0 unspecified atom stereocenters. The third-order valence-corrected chi connectivity index (χ3v) is 4.68. The number of carboxylic acid groups (broad SMARTS) is 1. The number of aryl methyl sites for hydroxylation is 1. The highest BCUT2D eigenvalue weighted by molar-refractivity contribution is 5.89. The first-order valence-corrected chi connectivity index (χ1v) is 10.2. The molecule has 1 aliphatic heterocycles. The van der Waals surface area contributed by atoms with Gasteiger partial charge in [0, 0.05) is 51.4 Å². The van der Waals surface area contributed by atoms with Crippen LogP contribution in [0.2, 0.25) is 0 Å². The van der Waals surface area contributed by atoms with Crippen LogP contribution in [0, 0.1) is 0 Å². The molecule has 0 bridgehead atoms. The fourth-order valence-electron chi connectivity index (χ4n) is 3.07. The Morgan fingerprint density at radius 3 is 2.44 bits per heavy atom. The minimum atomic E-state index is -5.08. The van der Waals surface area contributed by atoms with Crippen molar-refractivity contribution in [3.8, 4) is 0 Å². The first kappa shape index (κ1) is 24.7. The van der Waals surface area contributed by atoms with Crippen LogP contribution in [0.3, 0.4) is 0 Å². The van der Waals surface area contributed by atoms with Crippen LogP contribution in [-0.4, -0.2) is 69.2 Å². The number of alkyl halides is 3. The summed E-state index contributed by atoms with van der Waals surface area (Å²) in [6.45, 7) is 4.03. The molecule has 34 heavy (non-hydrogen) atoms. The Balaban J connectivity index is 0.000000406.